The Balaban J connectivity index is 1.84. The van der Waals surface area contributed by atoms with E-state index in [2.05, 4.69) is 0 Å². The van der Waals surface area contributed by atoms with Crippen LogP contribution in [0, 0.1) is 5.82 Å². The first-order valence-electron chi connectivity index (χ1n) is 7.37. The second kappa shape index (κ2) is 8.17. The van der Waals surface area contributed by atoms with Gasteiger partial charge in [0.25, 0.3) is 0 Å². The van der Waals surface area contributed by atoms with Crippen LogP contribution in [0.4, 0.5) is 4.39 Å². The summed E-state index contributed by atoms with van der Waals surface area (Å²) in [6.07, 6.45) is 2.89. The van der Waals surface area contributed by atoms with Crippen LogP contribution in [0.2, 0.25) is 0 Å². The van der Waals surface area contributed by atoms with Gasteiger partial charge >= 0.3 is 5.97 Å². The van der Waals surface area contributed by atoms with Crippen molar-refractivity contribution < 1.29 is 18.7 Å². The van der Waals surface area contributed by atoms with Crippen LogP contribution in [0.3, 0.4) is 0 Å². The molecule has 1 aromatic carbocycles. The number of amides is 1. The highest BCUT2D eigenvalue weighted by Crippen LogP contribution is 2.22. The van der Waals surface area contributed by atoms with Gasteiger partial charge in [-0.1, -0.05) is 0 Å². The lowest BCUT2D eigenvalue weighted by molar-refractivity contribution is -0.154. The molecule has 1 aliphatic rings. The summed E-state index contributed by atoms with van der Waals surface area (Å²) < 4.78 is 17.6. The molecule has 0 saturated carbocycles. The highest BCUT2D eigenvalue weighted by atomic mass is 32.2. The minimum atomic E-state index is -0.443. The zero-order valence-electron chi connectivity index (χ0n) is 12.6. The lowest BCUT2D eigenvalue weighted by atomic mass is 10.0. The second-order valence-corrected chi connectivity index (χ2v) is 6.34. The van der Waals surface area contributed by atoms with Gasteiger partial charge in [0.1, 0.15) is 11.9 Å². The first kappa shape index (κ1) is 16.8. The first-order valence-corrected chi connectivity index (χ1v) is 8.36. The number of nitrogens with zero attached hydrogens (tertiary/aromatic N) is 1. The molecule has 0 spiro atoms. The minimum Gasteiger partial charge on any atom is -0.467 e. The van der Waals surface area contributed by atoms with E-state index in [9.17, 15) is 14.0 Å². The van der Waals surface area contributed by atoms with Crippen LogP contribution < -0.4 is 0 Å². The molecule has 1 amide bonds. The Hall–Kier alpha value is -1.56. The molecule has 0 N–H and O–H groups in total. The van der Waals surface area contributed by atoms with Crippen LogP contribution in [0.15, 0.2) is 29.2 Å². The van der Waals surface area contributed by atoms with Crippen molar-refractivity contribution in [3.8, 4) is 0 Å². The molecule has 1 saturated heterocycles. The molecule has 1 aromatic rings. The molecule has 6 heteroatoms. The maximum Gasteiger partial charge on any atom is 0.328 e. The Labute approximate surface area is 134 Å². The Bertz CT molecular complexity index is 521. The molecule has 0 aliphatic carbocycles. The van der Waals surface area contributed by atoms with Crippen molar-refractivity contribution in [1.82, 2.24) is 4.90 Å². The standard InChI is InChI=1S/C16H20FNO3S/c1-21-16(20)14-4-2-3-10-18(14)15(19)9-11-22-13-7-5-12(17)6-8-13/h5-8,14H,2-4,9-11H2,1H3. The lowest BCUT2D eigenvalue weighted by Gasteiger charge is -2.33. The molecule has 1 atom stereocenters. The quantitative estimate of drug-likeness (QED) is 0.617. The number of thioether (sulfide) groups is 1. The average Bonchev–Trinajstić information content (AvgIpc) is 2.56. The molecule has 1 fully saturated rings. The van der Waals surface area contributed by atoms with E-state index >= 15 is 0 Å². The third kappa shape index (κ3) is 4.47. The largest absolute Gasteiger partial charge is 0.467 e. The van der Waals surface area contributed by atoms with E-state index in [-0.39, 0.29) is 17.7 Å². The predicted octanol–water partition coefficient (Wildman–Crippen LogP) is 2.86. The van der Waals surface area contributed by atoms with Gasteiger partial charge in [-0.15, -0.1) is 11.8 Å². The SMILES string of the molecule is COC(=O)C1CCCCN1C(=O)CCSc1ccc(F)cc1. The topological polar surface area (TPSA) is 46.6 Å². The number of hydrogen-bond acceptors (Lipinski definition) is 4. The van der Waals surface area contributed by atoms with Gasteiger partial charge in [-0.05, 0) is 43.5 Å². The van der Waals surface area contributed by atoms with Crippen molar-refractivity contribution in [3.63, 3.8) is 0 Å². The number of halogens is 1. The molecule has 22 heavy (non-hydrogen) atoms. The summed E-state index contributed by atoms with van der Waals surface area (Å²) in [6.45, 7) is 0.611. The van der Waals surface area contributed by atoms with E-state index in [1.54, 1.807) is 17.0 Å². The van der Waals surface area contributed by atoms with E-state index in [1.807, 2.05) is 0 Å². The van der Waals surface area contributed by atoms with Crippen LogP contribution in [0.25, 0.3) is 0 Å². The van der Waals surface area contributed by atoms with Gasteiger partial charge in [0.15, 0.2) is 0 Å². The summed E-state index contributed by atoms with van der Waals surface area (Å²) in [6, 6.07) is 5.76. The highest BCUT2D eigenvalue weighted by molar-refractivity contribution is 7.99. The Morgan fingerprint density at radius 2 is 2.05 bits per heavy atom. The van der Waals surface area contributed by atoms with Crippen molar-refractivity contribution in [1.29, 1.82) is 0 Å². The number of methoxy groups -OCH3 is 1. The number of benzene rings is 1. The minimum absolute atomic E-state index is 0.0234. The molecule has 0 aromatic heterocycles. The van der Waals surface area contributed by atoms with Gasteiger partial charge < -0.3 is 9.64 Å². The molecule has 4 nitrogen and oxygen atoms in total. The fourth-order valence-corrected chi connectivity index (χ4v) is 3.38. The second-order valence-electron chi connectivity index (χ2n) is 5.17. The summed E-state index contributed by atoms with van der Waals surface area (Å²) in [5.41, 5.74) is 0. The number of ether oxygens (including phenoxy) is 1. The van der Waals surface area contributed by atoms with E-state index in [0.717, 1.165) is 17.7 Å². The molecule has 0 bridgehead atoms. The van der Waals surface area contributed by atoms with Gasteiger partial charge in [0.05, 0.1) is 7.11 Å². The zero-order valence-corrected chi connectivity index (χ0v) is 13.4. The smallest absolute Gasteiger partial charge is 0.328 e. The third-order valence-electron chi connectivity index (χ3n) is 3.69. The summed E-state index contributed by atoms with van der Waals surface area (Å²) in [5.74, 6) is -0.0203. The predicted molar refractivity (Wildman–Crippen MR) is 83.1 cm³/mol. The number of rotatable bonds is 5. The van der Waals surface area contributed by atoms with Crippen LogP contribution in [0.1, 0.15) is 25.7 Å². The van der Waals surface area contributed by atoms with Gasteiger partial charge in [-0.2, -0.15) is 0 Å². The fraction of sp³-hybridized carbons (Fsp3) is 0.500. The van der Waals surface area contributed by atoms with Crippen molar-refractivity contribution >= 4 is 23.6 Å². The van der Waals surface area contributed by atoms with Crippen molar-refractivity contribution in [2.45, 2.75) is 36.6 Å². The molecule has 120 valence electrons. The highest BCUT2D eigenvalue weighted by Gasteiger charge is 2.32. The molecule has 1 unspecified atom stereocenters. The van der Waals surface area contributed by atoms with Crippen molar-refractivity contribution in [2.24, 2.45) is 0 Å². The Morgan fingerprint density at radius 1 is 1.32 bits per heavy atom. The number of piperidine rings is 1. The van der Waals surface area contributed by atoms with Crippen LogP contribution in [0.5, 0.6) is 0 Å². The maximum absolute atomic E-state index is 12.8. The van der Waals surface area contributed by atoms with E-state index in [4.69, 9.17) is 4.74 Å². The number of likely N-dealkylation sites (tertiary alicyclic amines) is 1. The Kier molecular flexibility index (Phi) is 6.24. The van der Waals surface area contributed by atoms with E-state index < -0.39 is 6.04 Å². The summed E-state index contributed by atoms with van der Waals surface area (Å²) in [7, 11) is 1.35. The number of hydrogen-bond donors (Lipinski definition) is 0. The third-order valence-corrected chi connectivity index (χ3v) is 4.71. The van der Waals surface area contributed by atoms with Crippen LogP contribution >= 0.6 is 11.8 Å². The molecule has 2 rings (SSSR count). The average molecular weight is 325 g/mol. The normalized spacial score (nSPS) is 18.1. The molecule has 1 heterocycles. The number of esters is 1. The van der Waals surface area contributed by atoms with Gasteiger partial charge in [0.2, 0.25) is 5.91 Å². The molecule has 1 aliphatic heterocycles. The van der Waals surface area contributed by atoms with E-state index in [1.165, 1.54) is 31.0 Å². The van der Waals surface area contributed by atoms with Crippen LogP contribution in [-0.4, -0.2) is 42.2 Å². The van der Waals surface area contributed by atoms with Crippen molar-refractivity contribution in [2.75, 3.05) is 19.4 Å². The summed E-state index contributed by atoms with van der Waals surface area (Å²) in [5, 5.41) is 0. The zero-order chi connectivity index (χ0) is 15.9. The van der Waals surface area contributed by atoms with Crippen LogP contribution in [-0.2, 0) is 14.3 Å². The first-order chi connectivity index (χ1) is 10.6. The molecular formula is C16H20FNO3S. The summed E-state index contributed by atoms with van der Waals surface area (Å²) in [4.78, 5) is 26.6. The number of carbonyl (C=O) groups excluding carboxylic acids is 2. The monoisotopic (exact) mass is 325 g/mol. The van der Waals surface area contributed by atoms with Gasteiger partial charge in [0, 0.05) is 23.6 Å². The summed E-state index contributed by atoms with van der Waals surface area (Å²) >= 11 is 1.51. The lowest BCUT2D eigenvalue weighted by Crippen LogP contribution is -2.48. The molecule has 0 radical (unpaired) electrons. The fourth-order valence-electron chi connectivity index (χ4n) is 2.54. The van der Waals surface area contributed by atoms with E-state index in [0.29, 0.717) is 25.1 Å². The van der Waals surface area contributed by atoms with Gasteiger partial charge in [-0.25, -0.2) is 9.18 Å². The maximum atomic E-state index is 12.8. The number of carbonyl (C=O) groups is 2. The van der Waals surface area contributed by atoms with Crippen molar-refractivity contribution in [3.05, 3.63) is 30.1 Å². The molecular weight excluding hydrogens is 305 g/mol. The van der Waals surface area contributed by atoms with Gasteiger partial charge in [-0.3, -0.25) is 4.79 Å². The Morgan fingerprint density at radius 3 is 2.73 bits per heavy atom.